The Hall–Kier alpha value is -1.42. The number of fused-ring (bicyclic) bond motifs is 1. The third-order valence-electron chi connectivity index (χ3n) is 2.99. The third-order valence-corrected chi connectivity index (χ3v) is 2.99. The highest BCUT2D eigenvalue weighted by Crippen LogP contribution is 2.35. The molecule has 1 atom stereocenters. The topological polar surface area (TPSA) is 30.9 Å². The molecule has 4 nitrogen and oxygen atoms in total. The van der Waals surface area contributed by atoms with Gasteiger partial charge in [-0.1, -0.05) is 0 Å². The smallest absolute Gasteiger partial charge is 0.231 e. The van der Waals surface area contributed by atoms with E-state index in [2.05, 4.69) is 11.9 Å². The number of hydrogen-bond acceptors (Lipinski definition) is 4. The van der Waals surface area contributed by atoms with Gasteiger partial charge in [-0.15, -0.1) is 0 Å². The fourth-order valence-electron chi connectivity index (χ4n) is 2.13. The molecule has 0 aromatic heterocycles. The van der Waals surface area contributed by atoms with E-state index < -0.39 is 0 Å². The lowest BCUT2D eigenvalue weighted by Crippen LogP contribution is -2.21. The van der Waals surface area contributed by atoms with Gasteiger partial charge in [0.25, 0.3) is 0 Å². The minimum Gasteiger partial charge on any atom is -0.489 e. The summed E-state index contributed by atoms with van der Waals surface area (Å²) in [5.41, 5.74) is 0. The van der Waals surface area contributed by atoms with Gasteiger partial charge in [-0.25, -0.2) is 0 Å². The van der Waals surface area contributed by atoms with Gasteiger partial charge in [0, 0.05) is 19.2 Å². The van der Waals surface area contributed by atoms with E-state index in [0.29, 0.717) is 12.9 Å². The fourth-order valence-corrected chi connectivity index (χ4v) is 2.13. The molecule has 0 spiro atoms. The first-order valence-corrected chi connectivity index (χ1v) is 5.56. The molecule has 2 aliphatic rings. The van der Waals surface area contributed by atoms with Crippen molar-refractivity contribution in [3.63, 3.8) is 0 Å². The molecule has 0 saturated carbocycles. The molecule has 1 unspecified atom stereocenters. The van der Waals surface area contributed by atoms with Crippen LogP contribution < -0.4 is 14.2 Å². The summed E-state index contributed by atoms with van der Waals surface area (Å²) < 4.78 is 16.5. The number of ether oxygens (including phenoxy) is 3. The largest absolute Gasteiger partial charge is 0.489 e. The van der Waals surface area contributed by atoms with Crippen LogP contribution in [0.15, 0.2) is 18.2 Å². The zero-order valence-corrected chi connectivity index (χ0v) is 9.31. The molecule has 0 bridgehead atoms. The predicted molar refractivity (Wildman–Crippen MR) is 59.1 cm³/mol. The maximum Gasteiger partial charge on any atom is 0.231 e. The molecule has 3 rings (SSSR count). The van der Waals surface area contributed by atoms with Crippen LogP contribution >= 0.6 is 0 Å². The summed E-state index contributed by atoms with van der Waals surface area (Å²) in [5, 5.41) is 0. The van der Waals surface area contributed by atoms with Gasteiger partial charge in [0.05, 0.1) is 0 Å². The molecule has 0 radical (unpaired) electrons. The molecule has 4 heteroatoms. The van der Waals surface area contributed by atoms with Crippen LogP contribution in [0, 0.1) is 0 Å². The van der Waals surface area contributed by atoms with Gasteiger partial charge < -0.3 is 19.1 Å². The molecule has 0 N–H and O–H groups in total. The molecular weight excluding hydrogens is 206 g/mol. The van der Waals surface area contributed by atoms with E-state index in [9.17, 15) is 0 Å². The third kappa shape index (κ3) is 1.80. The quantitative estimate of drug-likeness (QED) is 0.757. The highest BCUT2D eigenvalue weighted by atomic mass is 16.7. The van der Waals surface area contributed by atoms with Crippen LogP contribution in [0.4, 0.5) is 0 Å². The van der Waals surface area contributed by atoms with Crippen molar-refractivity contribution in [1.29, 1.82) is 0 Å². The van der Waals surface area contributed by atoms with E-state index in [1.807, 2.05) is 18.2 Å². The average Bonchev–Trinajstić information content (AvgIpc) is 2.87. The molecule has 1 aromatic rings. The molecular formula is C12H15NO3. The van der Waals surface area contributed by atoms with Gasteiger partial charge in [-0.2, -0.15) is 0 Å². The van der Waals surface area contributed by atoms with Crippen LogP contribution in [0.3, 0.4) is 0 Å². The van der Waals surface area contributed by atoms with Crippen molar-refractivity contribution >= 4 is 0 Å². The first-order chi connectivity index (χ1) is 7.81. The molecule has 2 heterocycles. The van der Waals surface area contributed by atoms with Gasteiger partial charge >= 0.3 is 0 Å². The van der Waals surface area contributed by atoms with Crippen molar-refractivity contribution in [3.8, 4) is 17.2 Å². The van der Waals surface area contributed by atoms with Crippen LogP contribution in [-0.4, -0.2) is 37.9 Å². The lowest BCUT2D eigenvalue weighted by molar-refractivity contribution is 0.173. The molecule has 86 valence electrons. The molecule has 0 amide bonds. The Morgan fingerprint density at radius 2 is 2.19 bits per heavy atom. The van der Waals surface area contributed by atoms with E-state index in [1.165, 1.54) is 0 Å². The first-order valence-electron chi connectivity index (χ1n) is 5.56. The minimum atomic E-state index is 0.297. The molecule has 0 aliphatic carbocycles. The van der Waals surface area contributed by atoms with Gasteiger partial charge in [0.2, 0.25) is 6.79 Å². The van der Waals surface area contributed by atoms with Crippen molar-refractivity contribution < 1.29 is 14.2 Å². The Morgan fingerprint density at radius 1 is 1.31 bits per heavy atom. The Bertz CT molecular complexity index is 394. The summed E-state index contributed by atoms with van der Waals surface area (Å²) in [4.78, 5) is 2.28. The van der Waals surface area contributed by atoms with Gasteiger partial charge in [-0.3, -0.25) is 0 Å². The van der Waals surface area contributed by atoms with Crippen LogP contribution in [-0.2, 0) is 0 Å². The molecule has 16 heavy (non-hydrogen) atoms. The summed E-state index contributed by atoms with van der Waals surface area (Å²) >= 11 is 0. The maximum absolute atomic E-state index is 5.89. The van der Waals surface area contributed by atoms with Crippen molar-refractivity contribution in [1.82, 2.24) is 4.90 Å². The Balaban J connectivity index is 1.71. The van der Waals surface area contributed by atoms with E-state index in [0.717, 1.165) is 36.8 Å². The van der Waals surface area contributed by atoms with Gasteiger partial charge in [-0.05, 0) is 25.6 Å². The Morgan fingerprint density at radius 3 is 3.00 bits per heavy atom. The van der Waals surface area contributed by atoms with Crippen molar-refractivity contribution in [3.05, 3.63) is 18.2 Å². The summed E-state index contributed by atoms with van der Waals surface area (Å²) in [6.07, 6.45) is 1.38. The summed E-state index contributed by atoms with van der Waals surface area (Å²) in [6, 6.07) is 5.74. The van der Waals surface area contributed by atoms with Crippen LogP contribution in [0.2, 0.25) is 0 Å². The highest BCUT2D eigenvalue weighted by Gasteiger charge is 2.22. The second-order valence-corrected chi connectivity index (χ2v) is 4.31. The average molecular weight is 221 g/mol. The Labute approximate surface area is 94.7 Å². The lowest BCUT2D eigenvalue weighted by Gasteiger charge is -2.13. The molecule has 1 fully saturated rings. The first kappa shape index (κ1) is 9.78. The standard InChI is InChI=1S/C12H15NO3/c1-13-5-4-10(7-13)16-9-2-3-11-12(6-9)15-8-14-11/h2-3,6,10H,4-5,7-8H2,1H3. The second kappa shape index (κ2) is 3.87. The van der Waals surface area contributed by atoms with Gasteiger partial charge in [0.15, 0.2) is 11.5 Å². The SMILES string of the molecule is CN1CCC(Oc2ccc3c(c2)OCO3)C1. The number of hydrogen-bond donors (Lipinski definition) is 0. The number of benzene rings is 1. The summed E-state index contributed by atoms with van der Waals surface area (Å²) in [6.45, 7) is 2.41. The van der Waals surface area contributed by atoms with Crippen LogP contribution in [0.1, 0.15) is 6.42 Å². The summed E-state index contributed by atoms with van der Waals surface area (Å²) in [7, 11) is 2.11. The molecule has 1 aromatic carbocycles. The van der Waals surface area contributed by atoms with Gasteiger partial charge in [0.1, 0.15) is 11.9 Å². The number of likely N-dealkylation sites (N-methyl/N-ethyl adjacent to an activating group) is 1. The fraction of sp³-hybridized carbons (Fsp3) is 0.500. The number of likely N-dealkylation sites (tertiary alicyclic amines) is 1. The summed E-state index contributed by atoms with van der Waals surface area (Å²) in [5.74, 6) is 2.45. The molecule has 2 aliphatic heterocycles. The molecule has 1 saturated heterocycles. The second-order valence-electron chi connectivity index (χ2n) is 4.31. The van der Waals surface area contributed by atoms with Crippen molar-refractivity contribution in [2.75, 3.05) is 26.9 Å². The number of rotatable bonds is 2. The highest BCUT2D eigenvalue weighted by molar-refractivity contribution is 5.46. The van der Waals surface area contributed by atoms with Crippen molar-refractivity contribution in [2.45, 2.75) is 12.5 Å². The van der Waals surface area contributed by atoms with Crippen LogP contribution in [0.5, 0.6) is 17.2 Å². The zero-order chi connectivity index (χ0) is 11.0. The zero-order valence-electron chi connectivity index (χ0n) is 9.31. The van der Waals surface area contributed by atoms with E-state index in [1.54, 1.807) is 0 Å². The maximum atomic E-state index is 5.89. The minimum absolute atomic E-state index is 0.297. The number of nitrogens with zero attached hydrogens (tertiary/aromatic N) is 1. The monoisotopic (exact) mass is 221 g/mol. The van der Waals surface area contributed by atoms with E-state index in [4.69, 9.17) is 14.2 Å². The van der Waals surface area contributed by atoms with E-state index in [-0.39, 0.29) is 0 Å². The van der Waals surface area contributed by atoms with Crippen molar-refractivity contribution in [2.24, 2.45) is 0 Å². The predicted octanol–water partition coefficient (Wildman–Crippen LogP) is 1.50. The Kier molecular flexibility index (Phi) is 2.36. The lowest BCUT2D eigenvalue weighted by atomic mass is 10.3. The van der Waals surface area contributed by atoms with E-state index >= 15 is 0 Å². The normalized spacial score (nSPS) is 23.7. The van der Waals surface area contributed by atoms with Crippen LogP contribution in [0.25, 0.3) is 0 Å².